The van der Waals surface area contributed by atoms with Gasteiger partial charge in [0.2, 0.25) is 15.9 Å². The van der Waals surface area contributed by atoms with E-state index in [0.717, 1.165) is 5.56 Å². The number of carbonyl (C=O) groups is 1. The molecule has 6 nitrogen and oxygen atoms in total. The molecule has 0 aliphatic rings. The van der Waals surface area contributed by atoms with Gasteiger partial charge in [-0.1, -0.05) is 24.3 Å². The number of rotatable bonds is 7. The van der Waals surface area contributed by atoms with Crippen LogP contribution in [0.15, 0.2) is 24.3 Å². The molecule has 0 aliphatic heterocycles. The minimum atomic E-state index is -3.53. The van der Waals surface area contributed by atoms with Gasteiger partial charge in [0.1, 0.15) is 0 Å². The Morgan fingerprint density at radius 2 is 1.89 bits per heavy atom. The van der Waals surface area contributed by atoms with Gasteiger partial charge in [-0.25, -0.2) is 13.1 Å². The fourth-order valence-electron chi connectivity index (χ4n) is 1.79. The van der Waals surface area contributed by atoms with Crippen LogP contribution in [-0.2, 0) is 27.1 Å². The summed E-state index contributed by atoms with van der Waals surface area (Å²) in [4.78, 5) is 10.7. The Bertz CT molecular complexity index is 543. The molecule has 1 amide bonds. The zero-order valence-electron chi connectivity index (χ0n) is 10.8. The van der Waals surface area contributed by atoms with Crippen molar-refractivity contribution >= 4 is 15.9 Å². The zero-order chi connectivity index (χ0) is 14.5. The van der Waals surface area contributed by atoms with E-state index in [-0.39, 0.29) is 18.7 Å². The van der Waals surface area contributed by atoms with Crippen LogP contribution in [0.2, 0.25) is 0 Å². The average Bonchev–Trinajstić information content (AvgIpc) is 2.26. The van der Waals surface area contributed by atoms with Crippen LogP contribution >= 0.6 is 0 Å². The van der Waals surface area contributed by atoms with E-state index in [1.807, 2.05) is 0 Å². The van der Waals surface area contributed by atoms with Gasteiger partial charge < -0.3 is 11.5 Å². The number of carbonyl (C=O) groups excluding carboxylic acids is 1. The maximum atomic E-state index is 12.0. The smallest absolute Gasteiger partial charge is 0.219 e. The number of amides is 1. The molecule has 0 spiro atoms. The molecule has 1 aromatic carbocycles. The van der Waals surface area contributed by atoms with Gasteiger partial charge in [-0.15, -0.1) is 0 Å². The molecule has 19 heavy (non-hydrogen) atoms. The summed E-state index contributed by atoms with van der Waals surface area (Å²) in [6.45, 7) is 1.87. The Morgan fingerprint density at radius 3 is 2.42 bits per heavy atom. The third-order valence-corrected chi connectivity index (χ3v) is 4.02. The molecule has 0 heterocycles. The first kappa shape index (κ1) is 15.6. The van der Waals surface area contributed by atoms with Crippen molar-refractivity contribution in [3.8, 4) is 0 Å². The first-order chi connectivity index (χ1) is 8.84. The normalized spacial score (nSPS) is 13.2. The summed E-state index contributed by atoms with van der Waals surface area (Å²) in [5, 5.41) is 0. The largest absolute Gasteiger partial charge is 0.370 e. The summed E-state index contributed by atoms with van der Waals surface area (Å²) < 4.78 is 26.3. The van der Waals surface area contributed by atoms with Crippen LogP contribution in [0.5, 0.6) is 0 Å². The van der Waals surface area contributed by atoms with Crippen molar-refractivity contribution < 1.29 is 13.2 Å². The van der Waals surface area contributed by atoms with Crippen LogP contribution < -0.4 is 16.2 Å². The van der Waals surface area contributed by atoms with Gasteiger partial charge in [0.05, 0.1) is 5.75 Å². The Hall–Kier alpha value is -1.44. The molecule has 0 radical (unpaired) electrons. The number of nitrogens with one attached hydrogen (secondary N) is 1. The molecule has 106 valence electrons. The topological polar surface area (TPSA) is 115 Å². The van der Waals surface area contributed by atoms with Crippen molar-refractivity contribution in [3.05, 3.63) is 35.4 Å². The minimum absolute atomic E-state index is 0.0300. The number of primary amides is 1. The van der Waals surface area contributed by atoms with Crippen LogP contribution in [0, 0.1) is 0 Å². The van der Waals surface area contributed by atoms with Gasteiger partial charge in [-0.05, 0) is 18.1 Å². The average molecular weight is 285 g/mol. The maximum absolute atomic E-state index is 12.0. The maximum Gasteiger partial charge on any atom is 0.219 e. The summed E-state index contributed by atoms with van der Waals surface area (Å²) in [6, 6.07) is 6.56. The molecule has 0 aromatic heterocycles. The SMILES string of the molecule is CC(CC(N)=O)NS(=O)(=O)Cc1ccccc1CN. The fourth-order valence-corrected chi connectivity index (χ4v) is 3.26. The standard InChI is InChI=1S/C12H19N3O3S/c1-9(6-12(14)16)15-19(17,18)8-11-5-3-2-4-10(11)7-13/h2-5,9,15H,6-8,13H2,1H3,(H2,14,16). The van der Waals surface area contributed by atoms with Gasteiger partial charge in [0.15, 0.2) is 0 Å². The van der Waals surface area contributed by atoms with Gasteiger partial charge in [0.25, 0.3) is 0 Å². The molecule has 1 aromatic rings. The monoisotopic (exact) mass is 285 g/mol. The summed E-state index contributed by atoms with van der Waals surface area (Å²) in [5.41, 5.74) is 12.0. The van der Waals surface area contributed by atoms with Crippen molar-refractivity contribution in [2.45, 2.75) is 31.7 Å². The molecule has 7 heteroatoms. The highest BCUT2D eigenvalue weighted by molar-refractivity contribution is 7.88. The molecule has 5 N–H and O–H groups in total. The molecule has 0 bridgehead atoms. The van der Waals surface area contributed by atoms with Crippen molar-refractivity contribution in [3.63, 3.8) is 0 Å². The molecule has 0 fully saturated rings. The van der Waals surface area contributed by atoms with E-state index in [1.54, 1.807) is 31.2 Å². The fraction of sp³-hybridized carbons (Fsp3) is 0.417. The lowest BCUT2D eigenvalue weighted by atomic mass is 10.1. The van der Waals surface area contributed by atoms with Crippen LogP contribution in [0.1, 0.15) is 24.5 Å². The lowest BCUT2D eigenvalue weighted by molar-refractivity contribution is -0.118. The highest BCUT2D eigenvalue weighted by Crippen LogP contribution is 2.12. The zero-order valence-corrected chi connectivity index (χ0v) is 11.6. The van der Waals surface area contributed by atoms with E-state index >= 15 is 0 Å². The Balaban J connectivity index is 2.77. The Morgan fingerprint density at radius 1 is 1.32 bits per heavy atom. The van der Waals surface area contributed by atoms with E-state index in [9.17, 15) is 13.2 Å². The molecule has 1 unspecified atom stereocenters. The molecule has 1 rings (SSSR count). The van der Waals surface area contributed by atoms with E-state index < -0.39 is 22.0 Å². The summed E-state index contributed by atoms with van der Waals surface area (Å²) >= 11 is 0. The van der Waals surface area contributed by atoms with Crippen LogP contribution in [0.25, 0.3) is 0 Å². The quantitative estimate of drug-likeness (QED) is 0.645. The van der Waals surface area contributed by atoms with Crippen molar-refractivity contribution in [1.82, 2.24) is 4.72 Å². The highest BCUT2D eigenvalue weighted by atomic mass is 32.2. The predicted octanol–water partition coefficient (Wildman–Crippen LogP) is -0.171. The third kappa shape index (κ3) is 5.37. The number of nitrogens with two attached hydrogens (primary N) is 2. The Labute approximate surface area is 113 Å². The van der Waals surface area contributed by atoms with E-state index in [4.69, 9.17) is 11.5 Å². The first-order valence-electron chi connectivity index (χ1n) is 5.89. The Kier molecular flexibility index (Phi) is 5.46. The van der Waals surface area contributed by atoms with Gasteiger partial charge in [0, 0.05) is 19.0 Å². The number of sulfonamides is 1. The van der Waals surface area contributed by atoms with E-state index in [0.29, 0.717) is 5.56 Å². The summed E-state index contributed by atoms with van der Waals surface area (Å²) in [7, 11) is -3.53. The first-order valence-corrected chi connectivity index (χ1v) is 7.54. The van der Waals surface area contributed by atoms with E-state index in [2.05, 4.69) is 4.72 Å². The number of benzene rings is 1. The minimum Gasteiger partial charge on any atom is -0.370 e. The third-order valence-electron chi connectivity index (χ3n) is 2.57. The molecule has 0 aliphatic carbocycles. The molecular weight excluding hydrogens is 266 g/mol. The van der Waals surface area contributed by atoms with Gasteiger partial charge >= 0.3 is 0 Å². The second kappa shape index (κ2) is 6.65. The number of hydrogen-bond donors (Lipinski definition) is 3. The van der Waals surface area contributed by atoms with Crippen LogP contribution in [0.4, 0.5) is 0 Å². The summed E-state index contributed by atoms with van der Waals surface area (Å²) in [6.07, 6.45) is -0.0300. The van der Waals surface area contributed by atoms with Crippen molar-refractivity contribution in [2.75, 3.05) is 0 Å². The van der Waals surface area contributed by atoms with Crippen molar-refractivity contribution in [2.24, 2.45) is 11.5 Å². The lowest BCUT2D eigenvalue weighted by Gasteiger charge is -2.14. The molecular formula is C12H19N3O3S. The molecule has 0 saturated carbocycles. The van der Waals surface area contributed by atoms with Crippen molar-refractivity contribution in [1.29, 1.82) is 0 Å². The summed E-state index contributed by atoms with van der Waals surface area (Å²) in [5.74, 6) is -0.707. The predicted molar refractivity (Wildman–Crippen MR) is 73.4 cm³/mol. The van der Waals surface area contributed by atoms with Gasteiger partial charge in [-0.2, -0.15) is 0 Å². The second-order valence-corrected chi connectivity index (χ2v) is 6.18. The van der Waals surface area contributed by atoms with Crippen LogP contribution in [-0.4, -0.2) is 20.4 Å². The highest BCUT2D eigenvalue weighted by Gasteiger charge is 2.17. The molecule has 1 atom stereocenters. The van der Waals surface area contributed by atoms with Crippen LogP contribution in [0.3, 0.4) is 0 Å². The second-order valence-electron chi connectivity index (χ2n) is 4.42. The lowest BCUT2D eigenvalue weighted by Crippen LogP contribution is -2.36. The number of hydrogen-bond acceptors (Lipinski definition) is 4. The molecule has 0 saturated heterocycles. The van der Waals surface area contributed by atoms with Gasteiger partial charge in [-0.3, -0.25) is 4.79 Å². The van der Waals surface area contributed by atoms with E-state index in [1.165, 1.54) is 0 Å².